The summed E-state index contributed by atoms with van der Waals surface area (Å²) in [5, 5.41) is 7.00. The van der Waals surface area contributed by atoms with Gasteiger partial charge >= 0.3 is 0 Å². The van der Waals surface area contributed by atoms with E-state index in [0.717, 1.165) is 49.2 Å². The number of fused-ring (bicyclic) bond motifs is 5. The van der Waals surface area contributed by atoms with E-state index in [9.17, 15) is 0 Å². The van der Waals surface area contributed by atoms with Gasteiger partial charge in [-0.2, -0.15) is 0 Å². The standard InChI is InChI=1S/C23H41N.CH4O/c1-4-23-13-10-16(2)14-17(23)8-9-19-20-7-5-6-18(15-24)22(20,3)12-11-21(19)23;1-2/h16-21H,4-15,24H2,1-3H3;2H,1H3. The molecule has 4 saturated carbocycles. The minimum absolute atomic E-state index is 0.567. The van der Waals surface area contributed by atoms with E-state index in [0.29, 0.717) is 10.8 Å². The van der Waals surface area contributed by atoms with Gasteiger partial charge in [0.05, 0.1) is 0 Å². The van der Waals surface area contributed by atoms with Crippen molar-refractivity contribution in [1.82, 2.24) is 0 Å². The summed E-state index contributed by atoms with van der Waals surface area (Å²) < 4.78 is 0. The summed E-state index contributed by atoms with van der Waals surface area (Å²) in [4.78, 5) is 0. The smallest absolute Gasteiger partial charge is 0.0319 e. The third-order valence-electron chi connectivity index (χ3n) is 10.0. The first-order valence-corrected chi connectivity index (χ1v) is 11.7. The first kappa shape index (κ1) is 20.6. The molecule has 26 heavy (non-hydrogen) atoms. The van der Waals surface area contributed by atoms with Crippen molar-refractivity contribution in [1.29, 1.82) is 0 Å². The Morgan fingerprint density at radius 1 is 0.962 bits per heavy atom. The van der Waals surface area contributed by atoms with Crippen molar-refractivity contribution in [3.63, 3.8) is 0 Å². The molecule has 3 N–H and O–H groups in total. The van der Waals surface area contributed by atoms with E-state index in [1.165, 1.54) is 51.4 Å². The van der Waals surface area contributed by atoms with Crippen molar-refractivity contribution < 1.29 is 5.11 Å². The van der Waals surface area contributed by atoms with Gasteiger partial charge in [0.25, 0.3) is 0 Å². The van der Waals surface area contributed by atoms with Gasteiger partial charge in [0.2, 0.25) is 0 Å². The van der Waals surface area contributed by atoms with Gasteiger partial charge in [0.1, 0.15) is 0 Å². The summed E-state index contributed by atoms with van der Waals surface area (Å²) in [5.74, 6) is 5.90. The van der Waals surface area contributed by atoms with Gasteiger partial charge in [-0.3, -0.25) is 0 Å². The number of hydrogen-bond acceptors (Lipinski definition) is 2. The molecule has 0 aromatic rings. The molecule has 4 aliphatic rings. The predicted molar refractivity (Wildman–Crippen MR) is 111 cm³/mol. The van der Waals surface area contributed by atoms with Crippen molar-refractivity contribution in [3.8, 4) is 0 Å². The molecule has 0 radical (unpaired) electrons. The van der Waals surface area contributed by atoms with Gasteiger partial charge < -0.3 is 10.8 Å². The van der Waals surface area contributed by atoms with Crippen LogP contribution in [-0.4, -0.2) is 18.8 Å². The van der Waals surface area contributed by atoms with Crippen molar-refractivity contribution in [3.05, 3.63) is 0 Å². The largest absolute Gasteiger partial charge is 0.400 e. The Balaban J connectivity index is 0.000000948. The zero-order valence-electron chi connectivity index (χ0n) is 18.0. The van der Waals surface area contributed by atoms with Crippen molar-refractivity contribution in [2.24, 2.45) is 52.1 Å². The highest BCUT2D eigenvalue weighted by Crippen LogP contribution is 2.67. The molecule has 0 bridgehead atoms. The molecule has 4 fully saturated rings. The van der Waals surface area contributed by atoms with Gasteiger partial charge in [0, 0.05) is 7.11 Å². The summed E-state index contributed by atoms with van der Waals surface area (Å²) >= 11 is 0. The lowest BCUT2D eigenvalue weighted by Crippen LogP contribution is -2.57. The third kappa shape index (κ3) is 3.08. The van der Waals surface area contributed by atoms with Crippen LogP contribution < -0.4 is 5.73 Å². The maximum absolute atomic E-state index is 7.00. The first-order chi connectivity index (χ1) is 12.5. The number of nitrogens with two attached hydrogens (primary N) is 1. The van der Waals surface area contributed by atoms with E-state index in [1.807, 2.05) is 0 Å². The minimum Gasteiger partial charge on any atom is -0.400 e. The Kier molecular flexibility index (Phi) is 6.44. The Bertz CT molecular complexity index is 465. The van der Waals surface area contributed by atoms with Crippen molar-refractivity contribution in [2.45, 2.75) is 91.4 Å². The van der Waals surface area contributed by atoms with Crippen LogP contribution in [0.2, 0.25) is 0 Å². The SMILES string of the molecule is CCC12CCC(C)CC1CCC1C3CCCC(CN)C3(C)CCC12.CO. The minimum atomic E-state index is 0.567. The zero-order chi connectivity index (χ0) is 18.9. The summed E-state index contributed by atoms with van der Waals surface area (Å²) in [7, 11) is 1.00. The molecule has 4 aliphatic carbocycles. The molecule has 2 nitrogen and oxygen atoms in total. The summed E-state index contributed by atoms with van der Waals surface area (Å²) in [6, 6.07) is 0. The van der Waals surface area contributed by atoms with Crippen LogP contribution in [0.25, 0.3) is 0 Å². The van der Waals surface area contributed by atoms with Crippen LogP contribution in [0.1, 0.15) is 91.4 Å². The summed E-state index contributed by atoms with van der Waals surface area (Å²) in [6.07, 6.45) is 16.5. The van der Waals surface area contributed by atoms with Gasteiger partial charge in [-0.05, 0) is 111 Å². The van der Waals surface area contributed by atoms with Crippen molar-refractivity contribution >= 4 is 0 Å². The topological polar surface area (TPSA) is 46.2 Å². The average molecular weight is 364 g/mol. The molecule has 2 heteroatoms. The predicted octanol–water partition coefficient (Wildman–Crippen LogP) is 5.63. The molecule has 0 heterocycles. The maximum Gasteiger partial charge on any atom is 0.0319 e. The molecule has 4 rings (SSSR count). The van der Waals surface area contributed by atoms with E-state index in [2.05, 4.69) is 20.8 Å². The first-order valence-electron chi connectivity index (χ1n) is 11.7. The molecule has 0 aromatic heterocycles. The molecule has 0 saturated heterocycles. The molecule has 0 aromatic carbocycles. The van der Waals surface area contributed by atoms with E-state index in [-0.39, 0.29) is 0 Å². The van der Waals surface area contributed by atoms with Crippen LogP contribution in [0.15, 0.2) is 0 Å². The number of hydrogen-bond donors (Lipinski definition) is 2. The second-order valence-corrected chi connectivity index (χ2v) is 10.5. The van der Waals surface area contributed by atoms with Gasteiger partial charge in [-0.1, -0.05) is 33.6 Å². The fraction of sp³-hybridized carbons (Fsp3) is 1.00. The highest BCUT2D eigenvalue weighted by molar-refractivity contribution is 5.08. The molecule has 0 spiro atoms. The molecule has 8 atom stereocenters. The Morgan fingerprint density at radius 2 is 1.73 bits per heavy atom. The summed E-state index contributed by atoms with van der Waals surface area (Å²) in [5.41, 5.74) is 7.52. The molecule has 152 valence electrons. The number of rotatable bonds is 2. The second-order valence-electron chi connectivity index (χ2n) is 10.5. The fourth-order valence-electron chi connectivity index (χ4n) is 8.68. The molecular formula is C24H45NO. The van der Waals surface area contributed by atoms with Crippen LogP contribution in [0, 0.1) is 46.3 Å². The molecule has 0 amide bonds. The number of aliphatic hydroxyl groups is 1. The Hall–Kier alpha value is -0.0800. The van der Waals surface area contributed by atoms with Crippen molar-refractivity contribution in [2.75, 3.05) is 13.7 Å². The third-order valence-corrected chi connectivity index (χ3v) is 10.0. The highest BCUT2D eigenvalue weighted by Gasteiger charge is 2.59. The lowest BCUT2D eigenvalue weighted by Gasteiger charge is -2.64. The average Bonchev–Trinajstić information content (AvgIpc) is 2.68. The van der Waals surface area contributed by atoms with E-state index >= 15 is 0 Å². The van der Waals surface area contributed by atoms with Crippen LogP contribution in [0.3, 0.4) is 0 Å². The van der Waals surface area contributed by atoms with Gasteiger partial charge in [-0.25, -0.2) is 0 Å². The molecule has 8 unspecified atom stereocenters. The Morgan fingerprint density at radius 3 is 2.42 bits per heavy atom. The van der Waals surface area contributed by atoms with Crippen LogP contribution in [-0.2, 0) is 0 Å². The molecule has 0 aliphatic heterocycles. The lowest BCUT2D eigenvalue weighted by molar-refractivity contribution is -0.151. The molecular weight excluding hydrogens is 318 g/mol. The number of aliphatic hydroxyl groups excluding tert-OH is 1. The van der Waals surface area contributed by atoms with Crippen LogP contribution in [0.5, 0.6) is 0 Å². The lowest BCUT2D eigenvalue weighted by atomic mass is 9.40. The van der Waals surface area contributed by atoms with Crippen LogP contribution in [0.4, 0.5) is 0 Å². The van der Waals surface area contributed by atoms with Gasteiger partial charge in [-0.15, -0.1) is 0 Å². The summed E-state index contributed by atoms with van der Waals surface area (Å²) in [6.45, 7) is 8.61. The normalized spacial score (nSPS) is 50.5. The quantitative estimate of drug-likeness (QED) is 0.668. The van der Waals surface area contributed by atoms with E-state index < -0.39 is 0 Å². The monoisotopic (exact) mass is 363 g/mol. The van der Waals surface area contributed by atoms with Gasteiger partial charge in [0.15, 0.2) is 0 Å². The Labute approximate surface area is 162 Å². The fourth-order valence-corrected chi connectivity index (χ4v) is 8.68. The van der Waals surface area contributed by atoms with Crippen LogP contribution >= 0.6 is 0 Å². The maximum atomic E-state index is 7.00. The van der Waals surface area contributed by atoms with E-state index in [1.54, 1.807) is 19.3 Å². The van der Waals surface area contributed by atoms with E-state index in [4.69, 9.17) is 10.8 Å². The zero-order valence-corrected chi connectivity index (χ0v) is 18.0. The second kappa shape index (κ2) is 8.11. The highest BCUT2D eigenvalue weighted by atomic mass is 16.2.